The zero-order chi connectivity index (χ0) is 11.8. The molecule has 5 heteroatoms. The van der Waals surface area contributed by atoms with Crippen molar-refractivity contribution in [1.29, 1.82) is 0 Å². The van der Waals surface area contributed by atoms with Gasteiger partial charge in [-0.2, -0.15) is 0 Å². The summed E-state index contributed by atoms with van der Waals surface area (Å²) in [6, 6.07) is 0. The summed E-state index contributed by atoms with van der Waals surface area (Å²) in [6.45, 7) is 4.73. The fourth-order valence-electron chi connectivity index (χ4n) is 0.670. The van der Waals surface area contributed by atoms with Crippen LogP contribution in [0.1, 0.15) is 19.8 Å². The maximum atomic E-state index is 11.1. The van der Waals surface area contributed by atoms with E-state index in [0.29, 0.717) is 12.8 Å². The summed E-state index contributed by atoms with van der Waals surface area (Å²) in [5, 5.41) is 17.0. The van der Waals surface area contributed by atoms with Crippen molar-refractivity contribution < 1.29 is 24.5 Å². The van der Waals surface area contributed by atoms with Gasteiger partial charge in [0.05, 0.1) is 5.57 Å². The summed E-state index contributed by atoms with van der Waals surface area (Å²) < 4.78 is 4.56. The van der Waals surface area contributed by atoms with E-state index in [1.807, 2.05) is 0 Å². The normalized spacial score (nSPS) is 10.9. The number of esters is 1. The van der Waals surface area contributed by atoms with Crippen molar-refractivity contribution in [3.8, 4) is 0 Å². The van der Waals surface area contributed by atoms with Gasteiger partial charge in [-0.05, 0) is 19.8 Å². The van der Waals surface area contributed by atoms with Crippen LogP contribution in [0.3, 0.4) is 0 Å². The maximum absolute atomic E-state index is 11.1. The third-order valence-corrected chi connectivity index (χ3v) is 1.61. The van der Waals surface area contributed by atoms with Crippen LogP contribution in [-0.4, -0.2) is 28.8 Å². The van der Waals surface area contributed by atoms with E-state index in [9.17, 15) is 9.59 Å². The van der Waals surface area contributed by atoms with Crippen molar-refractivity contribution in [2.75, 3.05) is 6.61 Å². The zero-order valence-corrected chi connectivity index (χ0v) is 8.52. The predicted molar refractivity (Wildman–Crippen MR) is 52.9 cm³/mol. The molecule has 5 nitrogen and oxygen atoms in total. The molecule has 0 aromatic carbocycles. The standard InChI is InChI=1S/C10H14O5/c1-7(4-3-5-11)10(14)15-6-8(2)9(12)13/h6,11H,1,3-5H2,2H3,(H,12,13). The van der Waals surface area contributed by atoms with Crippen LogP contribution in [0.5, 0.6) is 0 Å². The lowest BCUT2D eigenvalue weighted by Crippen LogP contribution is -2.06. The second-order valence-electron chi connectivity index (χ2n) is 2.94. The number of rotatable bonds is 6. The SMILES string of the molecule is C=C(CCCO)C(=O)OC=C(C)C(=O)O. The average Bonchev–Trinajstić information content (AvgIpc) is 2.21. The van der Waals surface area contributed by atoms with Gasteiger partial charge in [0.1, 0.15) is 6.26 Å². The van der Waals surface area contributed by atoms with Gasteiger partial charge in [-0.25, -0.2) is 9.59 Å². The quantitative estimate of drug-likeness (QED) is 0.389. The zero-order valence-electron chi connectivity index (χ0n) is 8.52. The van der Waals surface area contributed by atoms with Crippen LogP contribution in [0, 0.1) is 0 Å². The summed E-state index contributed by atoms with van der Waals surface area (Å²) in [7, 11) is 0. The van der Waals surface area contributed by atoms with Crippen molar-refractivity contribution in [3.05, 3.63) is 24.0 Å². The highest BCUT2D eigenvalue weighted by Gasteiger charge is 2.08. The van der Waals surface area contributed by atoms with Crippen LogP contribution < -0.4 is 0 Å². The molecule has 0 aromatic heterocycles. The molecule has 84 valence electrons. The van der Waals surface area contributed by atoms with Crippen molar-refractivity contribution >= 4 is 11.9 Å². The van der Waals surface area contributed by atoms with Gasteiger partial charge < -0.3 is 14.9 Å². The Kier molecular flexibility index (Phi) is 6.05. The number of carbonyl (C=O) groups is 2. The topological polar surface area (TPSA) is 83.8 Å². The van der Waals surface area contributed by atoms with E-state index in [-0.39, 0.29) is 17.8 Å². The minimum absolute atomic E-state index is 0.0315. The second-order valence-corrected chi connectivity index (χ2v) is 2.94. The van der Waals surface area contributed by atoms with Crippen molar-refractivity contribution in [2.45, 2.75) is 19.8 Å². The molecule has 0 rings (SSSR count). The van der Waals surface area contributed by atoms with Gasteiger partial charge in [0.25, 0.3) is 0 Å². The largest absolute Gasteiger partial charge is 0.478 e. The second kappa shape index (κ2) is 6.78. The molecule has 0 atom stereocenters. The van der Waals surface area contributed by atoms with Gasteiger partial charge in [0.2, 0.25) is 0 Å². The first-order chi connectivity index (χ1) is 6.99. The Bertz CT molecular complexity index is 290. The van der Waals surface area contributed by atoms with Crippen LogP contribution in [0.4, 0.5) is 0 Å². The number of aliphatic hydroxyl groups is 1. The van der Waals surface area contributed by atoms with E-state index < -0.39 is 11.9 Å². The van der Waals surface area contributed by atoms with E-state index in [1.165, 1.54) is 6.92 Å². The molecule has 0 aliphatic carbocycles. The molecule has 0 aliphatic rings. The molecule has 0 saturated carbocycles. The highest BCUT2D eigenvalue weighted by Crippen LogP contribution is 2.05. The number of aliphatic hydroxyl groups excluding tert-OH is 1. The number of hydrogen-bond acceptors (Lipinski definition) is 4. The first-order valence-electron chi connectivity index (χ1n) is 4.38. The minimum Gasteiger partial charge on any atom is -0.478 e. The lowest BCUT2D eigenvalue weighted by atomic mass is 10.2. The molecule has 0 unspecified atom stereocenters. The first-order valence-corrected chi connectivity index (χ1v) is 4.38. The van der Waals surface area contributed by atoms with Gasteiger partial charge in [0.15, 0.2) is 0 Å². The van der Waals surface area contributed by atoms with Crippen LogP contribution in [0.15, 0.2) is 24.0 Å². The fourth-order valence-corrected chi connectivity index (χ4v) is 0.670. The Morgan fingerprint density at radius 1 is 1.47 bits per heavy atom. The number of ether oxygens (including phenoxy) is 1. The molecule has 0 fully saturated rings. The molecule has 0 radical (unpaired) electrons. The van der Waals surface area contributed by atoms with Crippen LogP contribution >= 0.6 is 0 Å². The Balaban J connectivity index is 4.09. The summed E-state index contributed by atoms with van der Waals surface area (Å²) in [5.74, 6) is -1.83. The van der Waals surface area contributed by atoms with Gasteiger partial charge in [-0.1, -0.05) is 6.58 Å². The number of carbonyl (C=O) groups excluding carboxylic acids is 1. The maximum Gasteiger partial charge on any atom is 0.338 e. The lowest BCUT2D eigenvalue weighted by Gasteiger charge is -2.02. The molecular formula is C10H14O5. The molecule has 0 saturated heterocycles. The van der Waals surface area contributed by atoms with Crippen molar-refractivity contribution in [3.63, 3.8) is 0 Å². The number of hydrogen-bond donors (Lipinski definition) is 2. The van der Waals surface area contributed by atoms with Crippen LogP contribution in [0.2, 0.25) is 0 Å². The first kappa shape index (κ1) is 13.4. The molecule has 0 heterocycles. The molecule has 15 heavy (non-hydrogen) atoms. The van der Waals surface area contributed by atoms with Gasteiger partial charge in [0, 0.05) is 12.2 Å². The summed E-state index contributed by atoms with van der Waals surface area (Å²) in [4.78, 5) is 21.5. The number of carboxylic acids is 1. The Morgan fingerprint density at radius 3 is 2.53 bits per heavy atom. The third kappa shape index (κ3) is 5.64. The molecule has 2 N–H and O–H groups in total. The van der Waals surface area contributed by atoms with Crippen LogP contribution in [-0.2, 0) is 14.3 Å². The van der Waals surface area contributed by atoms with E-state index in [0.717, 1.165) is 6.26 Å². The van der Waals surface area contributed by atoms with Gasteiger partial charge >= 0.3 is 11.9 Å². The number of carboxylic acid groups (broad SMARTS) is 1. The fraction of sp³-hybridized carbons (Fsp3) is 0.400. The predicted octanol–water partition coefficient (Wildman–Crippen LogP) is 0.847. The Labute approximate surface area is 87.7 Å². The Morgan fingerprint density at radius 2 is 2.07 bits per heavy atom. The molecule has 0 aromatic rings. The lowest BCUT2D eigenvalue weighted by molar-refractivity contribution is -0.134. The molecule has 0 aliphatic heterocycles. The highest BCUT2D eigenvalue weighted by molar-refractivity contribution is 5.89. The van der Waals surface area contributed by atoms with Crippen molar-refractivity contribution in [1.82, 2.24) is 0 Å². The van der Waals surface area contributed by atoms with E-state index in [2.05, 4.69) is 11.3 Å². The van der Waals surface area contributed by atoms with Crippen LogP contribution in [0.25, 0.3) is 0 Å². The third-order valence-electron chi connectivity index (χ3n) is 1.61. The summed E-state index contributed by atoms with van der Waals surface area (Å²) in [6.07, 6.45) is 1.62. The minimum atomic E-state index is -1.15. The summed E-state index contributed by atoms with van der Waals surface area (Å²) >= 11 is 0. The summed E-state index contributed by atoms with van der Waals surface area (Å²) in [5.41, 5.74) is 0.136. The monoisotopic (exact) mass is 214 g/mol. The molecular weight excluding hydrogens is 200 g/mol. The Hall–Kier alpha value is -1.62. The molecule has 0 bridgehead atoms. The molecule has 0 spiro atoms. The van der Waals surface area contributed by atoms with E-state index in [1.54, 1.807) is 0 Å². The van der Waals surface area contributed by atoms with Crippen molar-refractivity contribution in [2.24, 2.45) is 0 Å². The van der Waals surface area contributed by atoms with Gasteiger partial charge in [-0.15, -0.1) is 0 Å². The van der Waals surface area contributed by atoms with E-state index in [4.69, 9.17) is 10.2 Å². The average molecular weight is 214 g/mol. The highest BCUT2D eigenvalue weighted by atomic mass is 16.5. The van der Waals surface area contributed by atoms with E-state index >= 15 is 0 Å². The van der Waals surface area contributed by atoms with Gasteiger partial charge in [-0.3, -0.25) is 0 Å². The smallest absolute Gasteiger partial charge is 0.338 e. The number of aliphatic carboxylic acids is 1. The molecule has 0 amide bonds.